The van der Waals surface area contributed by atoms with Crippen molar-refractivity contribution in [2.75, 3.05) is 19.6 Å². The minimum absolute atomic E-state index is 0. The molecular formula is C16H20ClN3O3S2. The molecular weight excluding hydrogens is 382 g/mol. The van der Waals surface area contributed by atoms with Gasteiger partial charge in [0.25, 0.3) is 5.91 Å². The number of thiophene rings is 1. The normalized spacial score (nSPS) is 14.4. The molecule has 25 heavy (non-hydrogen) atoms. The maximum atomic E-state index is 12.4. The van der Waals surface area contributed by atoms with Crippen LogP contribution in [0.3, 0.4) is 0 Å². The largest absolute Gasteiger partial charge is 0.352 e. The second kappa shape index (κ2) is 8.77. The van der Waals surface area contributed by atoms with Crippen molar-refractivity contribution < 1.29 is 13.2 Å². The lowest BCUT2D eigenvalue weighted by Crippen LogP contribution is -2.48. The fraction of sp³-hybridized carbons (Fsp3) is 0.312. The van der Waals surface area contributed by atoms with Crippen molar-refractivity contribution in [1.29, 1.82) is 0 Å². The van der Waals surface area contributed by atoms with Gasteiger partial charge < -0.3 is 10.6 Å². The fourth-order valence-electron chi connectivity index (χ4n) is 2.30. The molecule has 3 N–H and O–H groups in total. The molecule has 1 aliphatic rings. The zero-order chi connectivity index (χ0) is 17.0. The van der Waals surface area contributed by atoms with Crippen molar-refractivity contribution in [3.8, 4) is 0 Å². The van der Waals surface area contributed by atoms with Gasteiger partial charge in [0, 0.05) is 42.5 Å². The third-order valence-electron chi connectivity index (χ3n) is 3.84. The number of carbonyl (C=O) groups is 1. The molecule has 1 fully saturated rings. The molecule has 6 nitrogen and oxygen atoms in total. The predicted molar refractivity (Wildman–Crippen MR) is 101 cm³/mol. The van der Waals surface area contributed by atoms with Crippen LogP contribution in [0.5, 0.6) is 0 Å². The van der Waals surface area contributed by atoms with Gasteiger partial charge in [0.2, 0.25) is 10.0 Å². The number of rotatable bonds is 7. The van der Waals surface area contributed by atoms with Crippen LogP contribution in [-0.2, 0) is 16.6 Å². The van der Waals surface area contributed by atoms with Gasteiger partial charge in [-0.05, 0) is 29.6 Å². The maximum absolute atomic E-state index is 12.4. The summed E-state index contributed by atoms with van der Waals surface area (Å²) in [4.78, 5) is 13.2. The topological polar surface area (TPSA) is 87.3 Å². The first kappa shape index (κ1) is 19.9. The molecule has 136 valence electrons. The minimum atomic E-state index is -3.65. The first-order valence-electron chi connectivity index (χ1n) is 7.65. The van der Waals surface area contributed by atoms with Gasteiger partial charge in [-0.3, -0.25) is 4.79 Å². The number of nitrogens with one attached hydrogen (secondary N) is 3. The Morgan fingerprint density at radius 3 is 2.68 bits per heavy atom. The molecule has 1 aliphatic heterocycles. The Bertz CT molecular complexity index is 806. The summed E-state index contributed by atoms with van der Waals surface area (Å²) >= 11 is 1.49. The van der Waals surface area contributed by atoms with Crippen molar-refractivity contribution in [1.82, 2.24) is 15.4 Å². The quantitative estimate of drug-likeness (QED) is 0.657. The summed E-state index contributed by atoms with van der Waals surface area (Å²) in [6.45, 7) is 2.65. The molecule has 0 spiro atoms. The average Bonchev–Trinajstić information content (AvgIpc) is 3.05. The molecule has 3 rings (SSSR count). The third kappa shape index (κ3) is 5.26. The molecule has 2 heterocycles. The molecule has 0 radical (unpaired) electrons. The predicted octanol–water partition coefficient (Wildman–Crippen LogP) is 1.60. The number of sulfonamides is 1. The Labute approximate surface area is 157 Å². The van der Waals surface area contributed by atoms with E-state index in [2.05, 4.69) is 15.4 Å². The van der Waals surface area contributed by atoms with Gasteiger partial charge in [0.05, 0.1) is 4.90 Å². The lowest BCUT2D eigenvalue weighted by Gasteiger charge is -2.27. The van der Waals surface area contributed by atoms with E-state index in [1.165, 1.54) is 23.5 Å². The molecule has 1 aromatic heterocycles. The zero-order valence-electron chi connectivity index (χ0n) is 13.4. The second-order valence-corrected chi connectivity index (χ2v) is 8.47. The third-order valence-corrected chi connectivity index (χ3v) is 6.12. The van der Waals surface area contributed by atoms with E-state index in [0.717, 1.165) is 18.0 Å². The molecule has 1 aromatic carbocycles. The fourth-order valence-corrected chi connectivity index (χ4v) is 4.09. The van der Waals surface area contributed by atoms with Crippen LogP contribution in [0.4, 0.5) is 0 Å². The van der Waals surface area contributed by atoms with Crippen LogP contribution >= 0.6 is 23.7 Å². The van der Waals surface area contributed by atoms with E-state index in [-0.39, 0.29) is 29.8 Å². The van der Waals surface area contributed by atoms with Crippen molar-refractivity contribution in [2.45, 2.75) is 11.4 Å². The molecule has 1 amide bonds. The van der Waals surface area contributed by atoms with Gasteiger partial charge in [0.15, 0.2) is 0 Å². The summed E-state index contributed by atoms with van der Waals surface area (Å²) in [5, 5.41) is 7.88. The van der Waals surface area contributed by atoms with E-state index in [1.807, 2.05) is 17.5 Å². The average molecular weight is 402 g/mol. The van der Waals surface area contributed by atoms with Gasteiger partial charge in [-0.25, -0.2) is 13.1 Å². The van der Waals surface area contributed by atoms with Crippen LogP contribution in [0, 0.1) is 5.92 Å². The van der Waals surface area contributed by atoms with E-state index >= 15 is 0 Å². The molecule has 9 heteroatoms. The summed E-state index contributed by atoms with van der Waals surface area (Å²) in [6.07, 6.45) is 0. The van der Waals surface area contributed by atoms with Gasteiger partial charge in [-0.1, -0.05) is 12.1 Å². The maximum Gasteiger partial charge on any atom is 0.251 e. The van der Waals surface area contributed by atoms with Crippen molar-refractivity contribution >= 4 is 39.7 Å². The van der Waals surface area contributed by atoms with Crippen molar-refractivity contribution in [3.63, 3.8) is 0 Å². The van der Waals surface area contributed by atoms with E-state index in [9.17, 15) is 13.2 Å². The van der Waals surface area contributed by atoms with Crippen LogP contribution in [-0.4, -0.2) is 34.0 Å². The highest BCUT2D eigenvalue weighted by molar-refractivity contribution is 7.89. The highest BCUT2D eigenvalue weighted by Gasteiger charge is 2.19. The Morgan fingerprint density at radius 2 is 2.04 bits per heavy atom. The number of hydrogen-bond donors (Lipinski definition) is 3. The van der Waals surface area contributed by atoms with E-state index in [0.29, 0.717) is 18.0 Å². The highest BCUT2D eigenvalue weighted by Crippen LogP contribution is 2.14. The van der Waals surface area contributed by atoms with Crippen LogP contribution in [0.1, 0.15) is 15.2 Å². The molecule has 1 saturated heterocycles. The molecule has 0 unspecified atom stereocenters. The van der Waals surface area contributed by atoms with Crippen LogP contribution in [0.2, 0.25) is 0 Å². The smallest absolute Gasteiger partial charge is 0.251 e. The monoisotopic (exact) mass is 401 g/mol. The Kier molecular flexibility index (Phi) is 6.97. The Balaban J connectivity index is 0.00000225. The Hall–Kier alpha value is -1.45. The van der Waals surface area contributed by atoms with Crippen LogP contribution in [0.15, 0.2) is 46.7 Å². The Morgan fingerprint density at radius 1 is 1.24 bits per heavy atom. The van der Waals surface area contributed by atoms with Crippen molar-refractivity contribution in [2.24, 2.45) is 5.92 Å². The molecule has 0 atom stereocenters. The zero-order valence-corrected chi connectivity index (χ0v) is 15.8. The van der Waals surface area contributed by atoms with Gasteiger partial charge >= 0.3 is 0 Å². The summed E-state index contributed by atoms with van der Waals surface area (Å²) in [6, 6.07) is 9.84. The molecule has 0 aliphatic carbocycles. The van der Waals surface area contributed by atoms with E-state index in [4.69, 9.17) is 0 Å². The summed E-state index contributed by atoms with van der Waals surface area (Å²) in [5.41, 5.74) is 0.348. The SMILES string of the molecule is Cl.O=C(NCC1CNC1)c1cccc(S(=O)(=O)NCc2cccs2)c1. The van der Waals surface area contributed by atoms with E-state index in [1.54, 1.807) is 12.1 Å². The lowest BCUT2D eigenvalue weighted by atomic mass is 10.0. The van der Waals surface area contributed by atoms with Gasteiger partial charge in [-0.15, -0.1) is 23.7 Å². The van der Waals surface area contributed by atoms with Crippen LogP contribution < -0.4 is 15.4 Å². The molecule has 0 bridgehead atoms. The van der Waals surface area contributed by atoms with Gasteiger partial charge in [0.1, 0.15) is 0 Å². The number of halogens is 1. The first-order chi connectivity index (χ1) is 11.5. The minimum Gasteiger partial charge on any atom is -0.352 e. The second-order valence-electron chi connectivity index (χ2n) is 5.67. The first-order valence-corrected chi connectivity index (χ1v) is 10.0. The lowest BCUT2D eigenvalue weighted by molar-refractivity contribution is 0.0942. The standard InChI is InChI=1S/C16H19N3O3S2.ClH/c20-16(18-10-12-8-17-9-12)13-3-1-5-15(7-13)24(21,22)19-11-14-4-2-6-23-14;/h1-7,12,17,19H,8-11H2,(H,18,20);1H. The molecule has 2 aromatic rings. The molecule has 0 saturated carbocycles. The van der Waals surface area contributed by atoms with Gasteiger partial charge in [-0.2, -0.15) is 0 Å². The summed E-state index contributed by atoms with van der Waals surface area (Å²) in [5.74, 6) is 0.200. The summed E-state index contributed by atoms with van der Waals surface area (Å²) in [7, 11) is -3.65. The number of hydrogen-bond acceptors (Lipinski definition) is 5. The number of amides is 1. The van der Waals surface area contributed by atoms with Crippen molar-refractivity contribution in [3.05, 3.63) is 52.2 Å². The summed E-state index contributed by atoms with van der Waals surface area (Å²) < 4.78 is 27.3. The highest BCUT2D eigenvalue weighted by atomic mass is 35.5. The number of benzene rings is 1. The number of carbonyl (C=O) groups excluding carboxylic acids is 1. The van der Waals surface area contributed by atoms with E-state index < -0.39 is 10.0 Å². The van der Waals surface area contributed by atoms with Crippen LogP contribution in [0.25, 0.3) is 0 Å².